The van der Waals surface area contributed by atoms with Crippen molar-refractivity contribution in [1.29, 1.82) is 0 Å². The van der Waals surface area contributed by atoms with Crippen LogP contribution in [0.5, 0.6) is 0 Å². The van der Waals surface area contributed by atoms with E-state index >= 15 is 0 Å². The molecule has 1 aromatic carbocycles. The monoisotopic (exact) mass is 360 g/mol. The molecule has 2 N–H and O–H groups in total. The van der Waals surface area contributed by atoms with E-state index in [1.54, 1.807) is 12.1 Å². The quantitative estimate of drug-likeness (QED) is 0.810. The molecule has 5 heteroatoms. The molecule has 2 amide bonds. The third-order valence-corrected chi connectivity index (χ3v) is 2.75. The largest absolute Gasteiger partial charge is 0.350 e. The summed E-state index contributed by atoms with van der Waals surface area (Å²) in [6.07, 6.45) is 0. The van der Waals surface area contributed by atoms with Gasteiger partial charge < -0.3 is 10.6 Å². The second-order valence-electron chi connectivity index (χ2n) is 4.99. The van der Waals surface area contributed by atoms with Gasteiger partial charge in [0.25, 0.3) is 5.91 Å². The number of hydrogen-bond donors (Lipinski definition) is 2. The molecule has 0 aromatic heterocycles. The third-order valence-electron chi connectivity index (χ3n) is 2.03. The molecule has 1 rings (SSSR count). The fraction of sp³-hybridized carbons (Fsp3) is 0.385. The van der Waals surface area contributed by atoms with Gasteiger partial charge in [0.1, 0.15) is 0 Å². The van der Waals surface area contributed by atoms with Crippen molar-refractivity contribution in [2.45, 2.75) is 26.3 Å². The standard InChI is InChI=1S/C13H17IN2O2/c1-13(2,3)16-11(17)8-15-12(18)9-4-6-10(14)7-5-9/h4-7H,8H2,1-3H3,(H,15,18)(H,16,17). The van der Waals surface area contributed by atoms with E-state index in [2.05, 4.69) is 33.2 Å². The molecule has 0 spiro atoms. The summed E-state index contributed by atoms with van der Waals surface area (Å²) in [6.45, 7) is 5.67. The highest BCUT2D eigenvalue weighted by Gasteiger charge is 2.14. The lowest BCUT2D eigenvalue weighted by Gasteiger charge is -2.20. The zero-order valence-electron chi connectivity index (χ0n) is 10.7. The van der Waals surface area contributed by atoms with Gasteiger partial charge in [0.2, 0.25) is 5.91 Å². The van der Waals surface area contributed by atoms with Crippen LogP contribution in [0.1, 0.15) is 31.1 Å². The fourth-order valence-corrected chi connectivity index (χ4v) is 1.69. The van der Waals surface area contributed by atoms with Crippen molar-refractivity contribution >= 4 is 34.4 Å². The number of carbonyl (C=O) groups is 2. The minimum absolute atomic E-state index is 0.0118. The maximum Gasteiger partial charge on any atom is 0.251 e. The molecule has 0 fully saturated rings. The van der Waals surface area contributed by atoms with E-state index in [0.29, 0.717) is 5.56 Å². The van der Waals surface area contributed by atoms with Crippen molar-refractivity contribution in [3.05, 3.63) is 33.4 Å². The van der Waals surface area contributed by atoms with Crippen LogP contribution in [-0.2, 0) is 4.79 Å². The highest BCUT2D eigenvalue weighted by Crippen LogP contribution is 2.06. The van der Waals surface area contributed by atoms with Crippen molar-refractivity contribution in [2.75, 3.05) is 6.54 Å². The predicted molar refractivity (Wildman–Crippen MR) is 79.4 cm³/mol. The first kappa shape index (κ1) is 14.9. The lowest BCUT2D eigenvalue weighted by Crippen LogP contribution is -2.45. The third kappa shape index (κ3) is 5.48. The number of rotatable bonds is 3. The Hall–Kier alpha value is -1.11. The molecule has 4 nitrogen and oxygen atoms in total. The first-order valence-corrected chi connectivity index (χ1v) is 6.70. The molecular formula is C13H17IN2O2. The van der Waals surface area contributed by atoms with E-state index in [-0.39, 0.29) is 23.9 Å². The molecule has 0 bridgehead atoms. The summed E-state index contributed by atoms with van der Waals surface area (Å²) in [7, 11) is 0. The molecule has 0 unspecified atom stereocenters. The molecule has 0 aliphatic rings. The highest BCUT2D eigenvalue weighted by molar-refractivity contribution is 14.1. The second-order valence-corrected chi connectivity index (χ2v) is 6.23. The summed E-state index contributed by atoms with van der Waals surface area (Å²) >= 11 is 2.17. The molecule has 0 aliphatic heterocycles. The van der Waals surface area contributed by atoms with Gasteiger partial charge in [0.15, 0.2) is 0 Å². The van der Waals surface area contributed by atoms with Crippen LogP contribution in [0.2, 0.25) is 0 Å². The van der Waals surface area contributed by atoms with Crippen LogP contribution in [-0.4, -0.2) is 23.9 Å². The molecule has 0 saturated carbocycles. The first-order valence-electron chi connectivity index (χ1n) is 5.63. The van der Waals surface area contributed by atoms with Crippen LogP contribution in [0.3, 0.4) is 0 Å². The smallest absolute Gasteiger partial charge is 0.251 e. The number of hydrogen-bond acceptors (Lipinski definition) is 2. The minimum Gasteiger partial charge on any atom is -0.350 e. The summed E-state index contributed by atoms with van der Waals surface area (Å²) in [4.78, 5) is 23.3. The zero-order valence-corrected chi connectivity index (χ0v) is 12.9. The molecule has 0 radical (unpaired) electrons. The fourth-order valence-electron chi connectivity index (χ4n) is 1.33. The van der Waals surface area contributed by atoms with Crippen molar-refractivity contribution in [1.82, 2.24) is 10.6 Å². The number of benzene rings is 1. The Morgan fingerprint density at radius 3 is 2.22 bits per heavy atom. The Bertz CT molecular complexity index is 435. The maximum atomic E-state index is 11.7. The van der Waals surface area contributed by atoms with E-state index in [0.717, 1.165) is 3.57 Å². The molecular weight excluding hydrogens is 343 g/mol. The molecule has 1 aromatic rings. The van der Waals surface area contributed by atoms with Crippen LogP contribution in [0.25, 0.3) is 0 Å². The number of amides is 2. The minimum atomic E-state index is -0.287. The second kappa shape index (κ2) is 6.17. The van der Waals surface area contributed by atoms with Gasteiger partial charge in [-0.25, -0.2) is 0 Å². The van der Waals surface area contributed by atoms with Gasteiger partial charge in [-0.15, -0.1) is 0 Å². The molecule has 18 heavy (non-hydrogen) atoms. The average molecular weight is 360 g/mol. The van der Waals surface area contributed by atoms with Gasteiger partial charge in [-0.05, 0) is 67.6 Å². The number of carbonyl (C=O) groups excluding carboxylic acids is 2. The maximum absolute atomic E-state index is 11.7. The van der Waals surface area contributed by atoms with Crippen LogP contribution >= 0.6 is 22.6 Å². The lowest BCUT2D eigenvalue weighted by molar-refractivity contribution is -0.121. The zero-order chi connectivity index (χ0) is 13.8. The van der Waals surface area contributed by atoms with Crippen LogP contribution in [0.4, 0.5) is 0 Å². The lowest BCUT2D eigenvalue weighted by atomic mass is 10.1. The normalized spacial score (nSPS) is 10.9. The van der Waals surface area contributed by atoms with Crippen molar-refractivity contribution in [3.8, 4) is 0 Å². The van der Waals surface area contributed by atoms with E-state index in [1.165, 1.54) is 0 Å². The Morgan fingerprint density at radius 1 is 1.17 bits per heavy atom. The SMILES string of the molecule is CC(C)(C)NC(=O)CNC(=O)c1ccc(I)cc1. The summed E-state index contributed by atoms with van der Waals surface area (Å²) < 4.78 is 1.06. The molecule has 0 heterocycles. The first-order chi connectivity index (χ1) is 8.28. The van der Waals surface area contributed by atoms with Gasteiger partial charge in [0.05, 0.1) is 6.54 Å². The Labute approximate surface area is 121 Å². The van der Waals surface area contributed by atoms with E-state index in [1.807, 2.05) is 32.9 Å². The molecule has 0 atom stereocenters. The summed E-state index contributed by atoms with van der Waals surface area (Å²) in [5.41, 5.74) is 0.268. The van der Waals surface area contributed by atoms with Gasteiger partial charge in [-0.2, -0.15) is 0 Å². The molecule has 0 saturated heterocycles. The van der Waals surface area contributed by atoms with Crippen LogP contribution < -0.4 is 10.6 Å². The number of halogens is 1. The van der Waals surface area contributed by atoms with Gasteiger partial charge in [-0.1, -0.05) is 0 Å². The van der Waals surface area contributed by atoms with Gasteiger partial charge in [-0.3, -0.25) is 9.59 Å². The highest BCUT2D eigenvalue weighted by atomic mass is 127. The summed E-state index contributed by atoms with van der Waals surface area (Å²) in [5, 5.41) is 5.37. The van der Waals surface area contributed by atoms with Gasteiger partial charge >= 0.3 is 0 Å². The number of nitrogens with one attached hydrogen (secondary N) is 2. The van der Waals surface area contributed by atoms with E-state index in [4.69, 9.17) is 0 Å². The van der Waals surface area contributed by atoms with E-state index < -0.39 is 0 Å². The Kier molecular flexibility index (Phi) is 5.13. The average Bonchev–Trinajstić information content (AvgIpc) is 2.24. The van der Waals surface area contributed by atoms with Gasteiger partial charge in [0, 0.05) is 14.7 Å². The Balaban J connectivity index is 2.47. The van der Waals surface area contributed by atoms with Crippen molar-refractivity contribution in [3.63, 3.8) is 0 Å². The van der Waals surface area contributed by atoms with E-state index in [9.17, 15) is 9.59 Å². The van der Waals surface area contributed by atoms with Crippen LogP contribution in [0.15, 0.2) is 24.3 Å². The Morgan fingerprint density at radius 2 is 1.72 bits per heavy atom. The summed E-state index contributed by atoms with van der Waals surface area (Å²) in [5.74, 6) is -0.433. The predicted octanol–water partition coefficient (Wildman–Crippen LogP) is 1.94. The van der Waals surface area contributed by atoms with Crippen molar-refractivity contribution < 1.29 is 9.59 Å². The molecule has 0 aliphatic carbocycles. The topological polar surface area (TPSA) is 58.2 Å². The van der Waals surface area contributed by atoms with Crippen LogP contribution in [0, 0.1) is 3.57 Å². The van der Waals surface area contributed by atoms with Crippen molar-refractivity contribution in [2.24, 2.45) is 0 Å². The summed E-state index contributed by atoms with van der Waals surface area (Å²) in [6, 6.07) is 7.17. The molecule has 98 valence electrons.